The molecule has 0 radical (unpaired) electrons. The number of piperidine rings is 1. The second-order valence-corrected chi connectivity index (χ2v) is 5.95. The third-order valence-corrected chi connectivity index (χ3v) is 4.50. The Labute approximate surface area is 141 Å². The van der Waals surface area contributed by atoms with Crippen LogP contribution in [0.4, 0.5) is 5.82 Å². The number of pyridine rings is 1. The van der Waals surface area contributed by atoms with Crippen LogP contribution in [-0.2, 0) is 0 Å². The fraction of sp³-hybridized carbons (Fsp3) is 0.312. The molecule has 1 fully saturated rings. The van der Waals surface area contributed by atoms with Crippen molar-refractivity contribution in [1.29, 1.82) is 0 Å². The van der Waals surface area contributed by atoms with Crippen LogP contribution < -0.4 is 10.5 Å². The number of fused-ring (bicyclic) bond motifs is 1. The third-order valence-electron chi connectivity index (χ3n) is 4.50. The summed E-state index contributed by atoms with van der Waals surface area (Å²) in [5.74, 6) is -0.244. The van der Waals surface area contributed by atoms with E-state index >= 15 is 0 Å². The predicted molar refractivity (Wildman–Crippen MR) is 89.8 cm³/mol. The monoisotopic (exact) mass is 340 g/mol. The van der Waals surface area contributed by atoms with Gasteiger partial charge in [0.1, 0.15) is 11.5 Å². The van der Waals surface area contributed by atoms with E-state index in [2.05, 4.69) is 25.0 Å². The maximum absolute atomic E-state index is 11.9. The van der Waals surface area contributed by atoms with E-state index in [4.69, 9.17) is 0 Å². The second-order valence-electron chi connectivity index (χ2n) is 5.95. The van der Waals surface area contributed by atoms with Gasteiger partial charge in [0.15, 0.2) is 5.52 Å². The molecule has 2 N–H and O–H groups in total. The Morgan fingerprint density at radius 1 is 1.24 bits per heavy atom. The van der Waals surface area contributed by atoms with Gasteiger partial charge in [0, 0.05) is 19.3 Å². The van der Waals surface area contributed by atoms with Gasteiger partial charge in [-0.05, 0) is 31.0 Å². The molecular weight excluding hydrogens is 324 g/mol. The molecule has 0 unspecified atom stereocenters. The summed E-state index contributed by atoms with van der Waals surface area (Å²) < 4.78 is 1.59. The topological polar surface area (TPSA) is 117 Å². The summed E-state index contributed by atoms with van der Waals surface area (Å²) >= 11 is 0. The molecule has 1 aliphatic heterocycles. The van der Waals surface area contributed by atoms with Crippen LogP contribution in [-0.4, -0.2) is 48.9 Å². The van der Waals surface area contributed by atoms with Crippen molar-refractivity contribution in [1.82, 2.24) is 24.7 Å². The van der Waals surface area contributed by atoms with Crippen LogP contribution in [0.3, 0.4) is 0 Å². The van der Waals surface area contributed by atoms with Crippen molar-refractivity contribution in [3.63, 3.8) is 0 Å². The highest BCUT2D eigenvalue weighted by Gasteiger charge is 2.25. The van der Waals surface area contributed by atoms with E-state index in [1.807, 2.05) is 6.07 Å². The van der Waals surface area contributed by atoms with Crippen molar-refractivity contribution in [2.24, 2.45) is 0 Å². The van der Waals surface area contributed by atoms with Crippen LogP contribution in [0.2, 0.25) is 0 Å². The highest BCUT2D eigenvalue weighted by molar-refractivity contribution is 5.85. The van der Waals surface area contributed by atoms with Crippen LogP contribution in [0.1, 0.15) is 29.4 Å². The van der Waals surface area contributed by atoms with Gasteiger partial charge in [-0.1, -0.05) is 0 Å². The molecule has 0 bridgehead atoms. The first kappa shape index (κ1) is 15.3. The predicted octanol–water partition coefficient (Wildman–Crippen LogP) is 1.05. The van der Waals surface area contributed by atoms with Gasteiger partial charge in [0.2, 0.25) is 0 Å². The second kappa shape index (κ2) is 6.00. The van der Waals surface area contributed by atoms with E-state index in [9.17, 15) is 14.7 Å². The number of nitrogens with one attached hydrogen (secondary N) is 1. The highest BCUT2D eigenvalue weighted by atomic mass is 16.4. The average Bonchev–Trinajstić information content (AvgIpc) is 3.12. The number of aromatic carboxylic acids is 1. The Balaban J connectivity index is 1.54. The number of aromatic nitrogens is 5. The lowest BCUT2D eigenvalue weighted by molar-refractivity contribution is 0.0678. The van der Waals surface area contributed by atoms with E-state index in [-0.39, 0.29) is 17.3 Å². The average molecular weight is 340 g/mol. The first-order valence-corrected chi connectivity index (χ1v) is 7.99. The standard InChI is InChI=1S/C16H16N6O3/c23-15-14-11(17-9-18-15)1-2-13(20-14)21-7-4-10(5-8-21)22-12(16(24)25)3-6-19-22/h1-3,6,9-10H,4-5,7-8H2,(H,24,25)(H,17,18,23). The minimum atomic E-state index is -0.970. The molecule has 0 aliphatic carbocycles. The molecule has 9 heteroatoms. The van der Waals surface area contributed by atoms with Crippen molar-refractivity contribution in [2.45, 2.75) is 18.9 Å². The fourth-order valence-corrected chi connectivity index (χ4v) is 3.23. The number of carbonyl (C=O) groups is 1. The molecule has 0 spiro atoms. The number of carboxylic acids is 1. The summed E-state index contributed by atoms with van der Waals surface area (Å²) in [7, 11) is 0. The van der Waals surface area contributed by atoms with Crippen molar-refractivity contribution < 1.29 is 9.90 Å². The smallest absolute Gasteiger partial charge is 0.354 e. The van der Waals surface area contributed by atoms with Crippen molar-refractivity contribution in [3.8, 4) is 0 Å². The number of hydrogen-bond acceptors (Lipinski definition) is 6. The van der Waals surface area contributed by atoms with Crippen molar-refractivity contribution >= 4 is 22.8 Å². The Kier molecular flexibility index (Phi) is 3.68. The van der Waals surface area contributed by atoms with Gasteiger partial charge in [-0.15, -0.1) is 0 Å². The molecule has 9 nitrogen and oxygen atoms in total. The number of carboxylic acid groups (broad SMARTS) is 1. The molecule has 25 heavy (non-hydrogen) atoms. The van der Waals surface area contributed by atoms with E-state index in [0.717, 1.165) is 18.7 Å². The minimum absolute atomic E-state index is 0.0443. The molecule has 4 rings (SSSR count). The molecule has 3 aromatic heterocycles. The van der Waals surface area contributed by atoms with Gasteiger partial charge in [-0.2, -0.15) is 5.10 Å². The number of hydrogen-bond donors (Lipinski definition) is 2. The van der Waals surface area contributed by atoms with E-state index in [0.29, 0.717) is 24.1 Å². The lowest BCUT2D eigenvalue weighted by Crippen LogP contribution is -2.36. The maximum atomic E-state index is 11.9. The zero-order chi connectivity index (χ0) is 17.4. The van der Waals surface area contributed by atoms with Gasteiger partial charge >= 0.3 is 5.97 Å². The lowest BCUT2D eigenvalue weighted by atomic mass is 10.0. The zero-order valence-electron chi connectivity index (χ0n) is 13.3. The first-order valence-electron chi connectivity index (χ1n) is 7.99. The number of anilines is 1. The third kappa shape index (κ3) is 2.73. The molecule has 0 amide bonds. The lowest BCUT2D eigenvalue weighted by Gasteiger charge is -2.33. The number of H-pyrrole nitrogens is 1. The normalized spacial score (nSPS) is 15.6. The molecule has 128 valence electrons. The molecule has 1 aliphatic rings. The van der Waals surface area contributed by atoms with Gasteiger partial charge in [-0.25, -0.2) is 14.8 Å². The molecule has 0 atom stereocenters. The molecule has 1 saturated heterocycles. The Hall–Kier alpha value is -3.23. The molecule has 4 heterocycles. The van der Waals surface area contributed by atoms with Crippen molar-refractivity contribution in [3.05, 3.63) is 46.8 Å². The first-order chi connectivity index (χ1) is 12.1. The highest BCUT2D eigenvalue weighted by Crippen LogP contribution is 2.26. The summed E-state index contributed by atoms with van der Waals surface area (Å²) in [6, 6.07) is 5.20. The Morgan fingerprint density at radius 2 is 2.04 bits per heavy atom. The minimum Gasteiger partial charge on any atom is -0.477 e. The van der Waals surface area contributed by atoms with Gasteiger partial charge in [-0.3, -0.25) is 9.48 Å². The van der Waals surface area contributed by atoms with Crippen molar-refractivity contribution in [2.75, 3.05) is 18.0 Å². The molecule has 0 aromatic carbocycles. The van der Waals surface area contributed by atoms with E-state index in [1.165, 1.54) is 18.6 Å². The Bertz CT molecular complexity index is 987. The van der Waals surface area contributed by atoms with Gasteiger partial charge in [0.05, 0.1) is 17.9 Å². The van der Waals surface area contributed by atoms with E-state index < -0.39 is 5.97 Å². The zero-order valence-corrected chi connectivity index (χ0v) is 13.3. The maximum Gasteiger partial charge on any atom is 0.354 e. The Morgan fingerprint density at radius 3 is 2.80 bits per heavy atom. The van der Waals surface area contributed by atoms with Crippen LogP contribution in [0.5, 0.6) is 0 Å². The van der Waals surface area contributed by atoms with E-state index in [1.54, 1.807) is 10.7 Å². The number of aromatic amines is 1. The SMILES string of the molecule is O=C(O)c1ccnn1C1CCN(c2ccc3nc[nH]c(=O)c3n2)CC1. The van der Waals surface area contributed by atoms with Gasteiger partial charge < -0.3 is 15.0 Å². The quantitative estimate of drug-likeness (QED) is 0.732. The summed E-state index contributed by atoms with van der Waals surface area (Å²) in [6.45, 7) is 1.42. The molecule has 0 saturated carbocycles. The fourth-order valence-electron chi connectivity index (χ4n) is 3.23. The summed E-state index contributed by atoms with van der Waals surface area (Å²) in [6.07, 6.45) is 4.39. The van der Waals surface area contributed by atoms with Crippen LogP contribution in [0.25, 0.3) is 11.0 Å². The number of nitrogens with zero attached hydrogens (tertiary/aromatic N) is 5. The van der Waals surface area contributed by atoms with Crippen LogP contribution in [0.15, 0.2) is 35.5 Å². The van der Waals surface area contributed by atoms with Crippen LogP contribution in [0, 0.1) is 0 Å². The molecular formula is C16H16N6O3. The summed E-state index contributed by atoms with van der Waals surface area (Å²) in [5.41, 5.74) is 0.830. The number of rotatable bonds is 3. The largest absolute Gasteiger partial charge is 0.477 e. The van der Waals surface area contributed by atoms with Gasteiger partial charge in [0.25, 0.3) is 5.56 Å². The van der Waals surface area contributed by atoms with Crippen LogP contribution >= 0.6 is 0 Å². The summed E-state index contributed by atoms with van der Waals surface area (Å²) in [5, 5.41) is 13.4. The summed E-state index contributed by atoms with van der Waals surface area (Å²) in [4.78, 5) is 36.3. The molecule has 3 aromatic rings.